The van der Waals surface area contributed by atoms with Crippen molar-refractivity contribution < 1.29 is 8.42 Å². The van der Waals surface area contributed by atoms with Crippen LogP contribution >= 0.6 is 0 Å². The maximum atomic E-state index is 12.3. The number of aryl methyl sites for hydroxylation is 1. The normalized spacial score (nSPS) is 12.8. The molecular formula is C11H12N6O2S. The maximum absolute atomic E-state index is 12.3. The third-order valence-electron chi connectivity index (χ3n) is 2.67. The number of nitriles is 1. The van der Waals surface area contributed by atoms with Crippen molar-refractivity contribution in [3.63, 3.8) is 0 Å². The van der Waals surface area contributed by atoms with Gasteiger partial charge in [-0.1, -0.05) is 5.21 Å². The fourth-order valence-electron chi connectivity index (χ4n) is 1.72. The molecule has 2 N–H and O–H groups in total. The predicted octanol–water partition coefficient (Wildman–Crippen LogP) is 0.419. The summed E-state index contributed by atoms with van der Waals surface area (Å²) in [5.41, 5.74) is 0.907. The molecule has 1 unspecified atom stereocenters. The van der Waals surface area contributed by atoms with Crippen LogP contribution in [0.2, 0.25) is 0 Å². The fourth-order valence-corrected chi connectivity index (χ4v) is 3.15. The zero-order chi connectivity index (χ0) is 14.8. The standard InChI is InChI=1S/C11H12N6O2S/c1-7-5-9(6-12)3-4-10(7)20(18,19)15-8(2)11-13-16-17-14-11/h3-5,8,15H,1-2H3,(H,13,14,16,17). The Labute approximate surface area is 115 Å². The molecule has 0 amide bonds. The van der Waals surface area contributed by atoms with E-state index in [1.807, 2.05) is 6.07 Å². The highest BCUT2D eigenvalue weighted by Gasteiger charge is 2.22. The number of hydrogen-bond donors (Lipinski definition) is 2. The largest absolute Gasteiger partial charge is 0.241 e. The molecule has 0 aliphatic heterocycles. The van der Waals surface area contributed by atoms with Crippen molar-refractivity contribution in [2.24, 2.45) is 0 Å². The van der Waals surface area contributed by atoms with Gasteiger partial charge in [0.1, 0.15) is 0 Å². The quantitative estimate of drug-likeness (QED) is 0.841. The third kappa shape index (κ3) is 2.81. The van der Waals surface area contributed by atoms with Gasteiger partial charge in [-0.2, -0.15) is 10.5 Å². The van der Waals surface area contributed by atoms with E-state index in [4.69, 9.17) is 5.26 Å². The lowest BCUT2D eigenvalue weighted by Gasteiger charge is -2.12. The summed E-state index contributed by atoms with van der Waals surface area (Å²) in [6, 6.07) is 5.73. The number of sulfonamides is 1. The van der Waals surface area contributed by atoms with Crippen molar-refractivity contribution in [1.29, 1.82) is 5.26 Å². The van der Waals surface area contributed by atoms with Gasteiger partial charge in [0, 0.05) is 0 Å². The van der Waals surface area contributed by atoms with Crippen LogP contribution in [-0.4, -0.2) is 29.0 Å². The molecule has 0 bridgehead atoms. The number of nitrogens with zero attached hydrogens (tertiary/aromatic N) is 4. The zero-order valence-electron chi connectivity index (χ0n) is 10.8. The van der Waals surface area contributed by atoms with Crippen LogP contribution in [-0.2, 0) is 10.0 Å². The summed E-state index contributed by atoms with van der Waals surface area (Å²) in [4.78, 5) is 0.117. The highest BCUT2D eigenvalue weighted by molar-refractivity contribution is 7.89. The number of aromatic amines is 1. The molecule has 1 aromatic carbocycles. The Kier molecular flexibility index (Phi) is 3.78. The Hall–Kier alpha value is -2.31. The Balaban J connectivity index is 2.29. The SMILES string of the molecule is Cc1cc(C#N)ccc1S(=O)(=O)NC(C)c1nn[nH]n1. The first kappa shape index (κ1) is 14.1. The lowest BCUT2D eigenvalue weighted by Crippen LogP contribution is -2.28. The molecular weight excluding hydrogens is 280 g/mol. The minimum atomic E-state index is -3.72. The van der Waals surface area contributed by atoms with Crippen LogP contribution in [0.1, 0.15) is 29.9 Å². The second-order valence-corrected chi connectivity index (χ2v) is 5.89. The van der Waals surface area contributed by atoms with Gasteiger partial charge in [0.15, 0.2) is 5.82 Å². The van der Waals surface area contributed by atoms with E-state index in [0.29, 0.717) is 11.1 Å². The van der Waals surface area contributed by atoms with Gasteiger partial charge in [-0.3, -0.25) is 0 Å². The number of rotatable bonds is 4. The Morgan fingerprint density at radius 3 is 2.75 bits per heavy atom. The molecule has 0 saturated carbocycles. The molecule has 2 rings (SSSR count). The van der Waals surface area contributed by atoms with E-state index in [-0.39, 0.29) is 10.7 Å². The van der Waals surface area contributed by atoms with Crippen molar-refractivity contribution in [3.8, 4) is 6.07 Å². The number of hydrogen-bond acceptors (Lipinski definition) is 6. The van der Waals surface area contributed by atoms with E-state index in [1.165, 1.54) is 18.2 Å². The van der Waals surface area contributed by atoms with Gasteiger partial charge < -0.3 is 0 Å². The molecule has 1 atom stereocenters. The van der Waals surface area contributed by atoms with Gasteiger partial charge in [-0.05, 0) is 37.6 Å². The van der Waals surface area contributed by atoms with E-state index in [2.05, 4.69) is 25.3 Å². The van der Waals surface area contributed by atoms with E-state index < -0.39 is 16.1 Å². The molecule has 2 aromatic rings. The number of aromatic nitrogens is 4. The van der Waals surface area contributed by atoms with E-state index >= 15 is 0 Å². The summed E-state index contributed by atoms with van der Waals surface area (Å²) in [7, 11) is -3.72. The van der Waals surface area contributed by atoms with Crippen LogP contribution in [0.3, 0.4) is 0 Å². The smallest absolute Gasteiger partial charge is 0.207 e. The first-order chi connectivity index (χ1) is 9.44. The summed E-state index contributed by atoms with van der Waals surface area (Å²) in [5, 5.41) is 21.9. The molecule has 8 nitrogen and oxygen atoms in total. The Morgan fingerprint density at radius 2 is 2.20 bits per heavy atom. The van der Waals surface area contributed by atoms with Gasteiger partial charge >= 0.3 is 0 Å². The molecule has 0 aliphatic rings. The second kappa shape index (κ2) is 5.36. The van der Waals surface area contributed by atoms with Gasteiger partial charge in [0.05, 0.1) is 22.6 Å². The average molecular weight is 292 g/mol. The van der Waals surface area contributed by atoms with Crippen LogP contribution in [0.4, 0.5) is 0 Å². The lowest BCUT2D eigenvalue weighted by molar-refractivity contribution is 0.559. The highest BCUT2D eigenvalue weighted by Crippen LogP contribution is 2.18. The summed E-state index contributed by atoms with van der Waals surface area (Å²) < 4.78 is 27.0. The lowest BCUT2D eigenvalue weighted by atomic mass is 10.2. The minimum Gasteiger partial charge on any atom is -0.207 e. The first-order valence-electron chi connectivity index (χ1n) is 5.70. The van der Waals surface area contributed by atoms with Gasteiger partial charge in [0.2, 0.25) is 10.0 Å². The van der Waals surface area contributed by atoms with Gasteiger partial charge in [0.25, 0.3) is 0 Å². The first-order valence-corrected chi connectivity index (χ1v) is 7.19. The maximum Gasteiger partial charge on any atom is 0.241 e. The molecule has 9 heteroatoms. The van der Waals surface area contributed by atoms with Crippen molar-refractivity contribution in [3.05, 3.63) is 35.2 Å². The number of benzene rings is 1. The average Bonchev–Trinajstić information content (AvgIpc) is 2.91. The summed E-state index contributed by atoms with van der Waals surface area (Å²) in [5.74, 6) is 0.250. The van der Waals surface area contributed by atoms with Crippen LogP contribution in [0, 0.1) is 18.3 Å². The predicted molar refractivity (Wildman–Crippen MR) is 68.8 cm³/mol. The Bertz CT molecular complexity index is 748. The van der Waals surface area contributed by atoms with E-state index in [1.54, 1.807) is 13.8 Å². The molecule has 1 aromatic heterocycles. The second-order valence-electron chi connectivity index (χ2n) is 4.21. The molecule has 104 valence electrons. The molecule has 1 heterocycles. The Morgan fingerprint density at radius 1 is 1.45 bits per heavy atom. The molecule has 20 heavy (non-hydrogen) atoms. The highest BCUT2D eigenvalue weighted by atomic mass is 32.2. The van der Waals surface area contributed by atoms with Crippen molar-refractivity contribution in [2.75, 3.05) is 0 Å². The summed E-state index contributed by atoms with van der Waals surface area (Å²) in [6.07, 6.45) is 0. The third-order valence-corrected chi connectivity index (χ3v) is 4.38. The number of nitrogens with one attached hydrogen (secondary N) is 2. The molecule has 0 saturated heterocycles. The van der Waals surface area contributed by atoms with Crippen LogP contribution in [0.5, 0.6) is 0 Å². The van der Waals surface area contributed by atoms with E-state index in [9.17, 15) is 8.42 Å². The monoisotopic (exact) mass is 292 g/mol. The van der Waals surface area contributed by atoms with Gasteiger partial charge in [-0.25, -0.2) is 13.1 Å². The van der Waals surface area contributed by atoms with Crippen molar-refractivity contribution in [1.82, 2.24) is 25.3 Å². The van der Waals surface area contributed by atoms with Crippen LogP contribution in [0.25, 0.3) is 0 Å². The molecule has 0 aliphatic carbocycles. The number of tetrazole rings is 1. The van der Waals surface area contributed by atoms with Crippen LogP contribution in [0.15, 0.2) is 23.1 Å². The van der Waals surface area contributed by atoms with Crippen molar-refractivity contribution >= 4 is 10.0 Å². The van der Waals surface area contributed by atoms with E-state index in [0.717, 1.165) is 0 Å². The minimum absolute atomic E-state index is 0.117. The van der Waals surface area contributed by atoms with Gasteiger partial charge in [-0.15, -0.1) is 10.2 Å². The summed E-state index contributed by atoms with van der Waals surface area (Å²) >= 11 is 0. The topological polar surface area (TPSA) is 124 Å². The molecule has 0 radical (unpaired) electrons. The summed E-state index contributed by atoms with van der Waals surface area (Å²) in [6.45, 7) is 3.25. The molecule has 0 spiro atoms. The molecule has 0 fully saturated rings. The van der Waals surface area contributed by atoms with Crippen molar-refractivity contribution in [2.45, 2.75) is 24.8 Å². The van der Waals surface area contributed by atoms with Crippen LogP contribution < -0.4 is 4.72 Å². The number of H-pyrrole nitrogens is 1. The zero-order valence-corrected chi connectivity index (χ0v) is 11.6. The fraction of sp³-hybridized carbons (Fsp3) is 0.273.